The fourth-order valence-electron chi connectivity index (χ4n) is 4.80. The van der Waals surface area contributed by atoms with Crippen LogP contribution in [0.2, 0.25) is 0 Å². The van der Waals surface area contributed by atoms with E-state index >= 15 is 0 Å². The van der Waals surface area contributed by atoms with Gasteiger partial charge in [0.2, 0.25) is 0 Å². The number of fused-ring (bicyclic) bond motifs is 1. The number of aryl methyl sites for hydroxylation is 2. The minimum absolute atomic E-state index is 0.0578. The van der Waals surface area contributed by atoms with Gasteiger partial charge in [-0.25, -0.2) is 8.42 Å². The lowest BCUT2D eigenvalue weighted by atomic mass is 9.95. The molecule has 0 unspecified atom stereocenters. The molecule has 4 rings (SSSR count). The van der Waals surface area contributed by atoms with Crippen molar-refractivity contribution in [2.75, 3.05) is 19.0 Å². The highest BCUT2D eigenvalue weighted by molar-refractivity contribution is 7.92. The van der Waals surface area contributed by atoms with E-state index in [4.69, 9.17) is 9.47 Å². The maximum atomic E-state index is 12.7. The van der Waals surface area contributed by atoms with Crippen molar-refractivity contribution >= 4 is 15.9 Å². The van der Waals surface area contributed by atoms with E-state index < -0.39 is 15.1 Å². The Bertz CT molecular complexity index is 1160. The Morgan fingerprint density at radius 3 is 2.55 bits per heavy atom. The molecule has 0 bridgehead atoms. The molecule has 0 saturated carbocycles. The number of sulfone groups is 1. The van der Waals surface area contributed by atoms with Gasteiger partial charge in [-0.2, -0.15) is 0 Å². The molecule has 0 radical (unpaired) electrons. The highest BCUT2D eigenvalue weighted by atomic mass is 32.2. The van der Waals surface area contributed by atoms with E-state index in [1.807, 2.05) is 56.3 Å². The minimum Gasteiger partial charge on any atom is -0.507 e. The smallest absolute Gasteiger partial charge is 0.163 e. The van der Waals surface area contributed by atoms with Crippen LogP contribution in [0.15, 0.2) is 59.2 Å². The van der Waals surface area contributed by atoms with Crippen LogP contribution < -0.4 is 4.74 Å². The van der Waals surface area contributed by atoms with Crippen LogP contribution in [-0.4, -0.2) is 43.8 Å². The van der Waals surface area contributed by atoms with Crippen molar-refractivity contribution in [1.29, 1.82) is 0 Å². The van der Waals surface area contributed by atoms with Crippen LogP contribution in [0.4, 0.5) is 0 Å². The Labute approximate surface area is 196 Å². The summed E-state index contributed by atoms with van der Waals surface area (Å²) in [6.45, 7) is 6.45. The Balaban J connectivity index is 1.50. The van der Waals surface area contributed by atoms with Gasteiger partial charge in [0.1, 0.15) is 23.4 Å². The Hall–Kier alpha value is -2.57. The second-order valence-electron chi connectivity index (χ2n) is 8.98. The van der Waals surface area contributed by atoms with Crippen LogP contribution in [-0.2, 0) is 14.6 Å². The largest absolute Gasteiger partial charge is 0.507 e. The van der Waals surface area contributed by atoms with E-state index in [-0.39, 0.29) is 25.1 Å². The summed E-state index contributed by atoms with van der Waals surface area (Å²) < 4.78 is 37.3. The lowest BCUT2D eigenvalue weighted by molar-refractivity contribution is 0.117. The van der Waals surface area contributed by atoms with Crippen molar-refractivity contribution in [3.8, 4) is 11.5 Å². The molecule has 2 aromatic rings. The van der Waals surface area contributed by atoms with Crippen LogP contribution in [0.1, 0.15) is 42.9 Å². The molecule has 1 fully saturated rings. The molecular weight excluding hydrogens is 436 g/mol. The van der Waals surface area contributed by atoms with E-state index in [2.05, 4.69) is 13.0 Å². The average molecular weight is 469 g/mol. The lowest BCUT2D eigenvalue weighted by Gasteiger charge is -2.15. The van der Waals surface area contributed by atoms with E-state index in [0.717, 1.165) is 52.8 Å². The summed E-state index contributed by atoms with van der Waals surface area (Å²) in [6.07, 6.45) is 4.44. The van der Waals surface area contributed by atoms with Crippen LogP contribution in [0.25, 0.3) is 6.08 Å². The lowest BCUT2D eigenvalue weighted by Crippen LogP contribution is -2.19. The van der Waals surface area contributed by atoms with Gasteiger partial charge in [0.05, 0.1) is 18.5 Å². The predicted octanol–water partition coefficient (Wildman–Crippen LogP) is 5.15. The van der Waals surface area contributed by atoms with Gasteiger partial charge in [-0.05, 0) is 85.2 Å². The summed E-state index contributed by atoms with van der Waals surface area (Å²) in [7, 11) is -3.23. The second kappa shape index (κ2) is 9.74. The topological polar surface area (TPSA) is 72.8 Å². The standard InChI is InChI=1S/C27H32O5S/c1-4-20(14-21-12-18(2)27(28)19(3)13-21)10-11-24-26-22(15-31-23-8-6-5-7-9-23)17-33(29,30)25(26)16-32-24/h5-9,12-14,24-25,28H,4,10-11,15-17H2,1-3H3/b20-14+/t24-,25+/m1/s1. The third-order valence-electron chi connectivity index (χ3n) is 6.58. The Morgan fingerprint density at radius 1 is 1.18 bits per heavy atom. The number of para-hydroxylation sites is 1. The Morgan fingerprint density at radius 2 is 1.88 bits per heavy atom. The minimum atomic E-state index is -3.23. The fraction of sp³-hybridized carbons (Fsp3) is 0.407. The first kappa shape index (κ1) is 23.6. The van der Waals surface area contributed by atoms with Gasteiger partial charge >= 0.3 is 0 Å². The predicted molar refractivity (Wildman–Crippen MR) is 131 cm³/mol. The number of phenols is 1. The number of ether oxygens (including phenoxy) is 2. The van der Waals surface area contributed by atoms with Crippen LogP contribution in [0.3, 0.4) is 0 Å². The summed E-state index contributed by atoms with van der Waals surface area (Å²) >= 11 is 0. The van der Waals surface area contributed by atoms with Gasteiger partial charge in [0.25, 0.3) is 0 Å². The molecule has 0 aliphatic carbocycles. The summed E-state index contributed by atoms with van der Waals surface area (Å²) in [5.74, 6) is 1.13. The molecule has 176 valence electrons. The van der Waals surface area contributed by atoms with Gasteiger partial charge in [-0.1, -0.05) is 36.8 Å². The molecule has 0 amide bonds. The molecular formula is C27H32O5S. The zero-order chi connectivity index (χ0) is 23.6. The fourth-order valence-corrected chi connectivity index (χ4v) is 6.72. The number of allylic oxidation sites excluding steroid dienone is 1. The molecule has 2 atom stereocenters. The molecule has 2 aromatic carbocycles. The molecule has 5 nitrogen and oxygen atoms in total. The summed E-state index contributed by atoms with van der Waals surface area (Å²) in [5, 5.41) is 9.50. The normalized spacial score (nSPS) is 22.0. The van der Waals surface area contributed by atoms with Crippen molar-refractivity contribution in [3.63, 3.8) is 0 Å². The molecule has 0 aromatic heterocycles. The molecule has 2 aliphatic rings. The van der Waals surface area contributed by atoms with Crippen molar-refractivity contribution in [3.05, 3.63) is 75.9 Å². The first-order chi connectivity index (χ1) is 15.8. The van der Waals surface area contributed by atoms with Crippen LogP contribution >= 0.6 is 0 Å². The number of hydrogen-bond donors (Lipinski definition) is 1. The van der Waals surface area contributed by atoms with Gasteiger partial charge < -0.3 is 14.6 Å². The summed E-state index contributed by atoms with van der Waals surface area (Å²) in [6, 6.07) is 13.5. The first-order valence-corrected chi connectivity index (χ1v) is 13.2. The Kier molecular flexibility index (Phi) is 6.96. The molecule has 33 heavy (non-hydrogen) atoms. The van der Waals surface area contributed by atoms with E-state index in [1.54, 1.807) is 0 Å². The maximum absolute atomic E-state index is 12.7. The second-order valence-corrected chi connectivity index (χ2v) is 11.2. The van der Waals surface area contributed by atoms with E-state index in [9.17, 15) is 13.5 Å². The molecule has 1 N–H and O–H groups in total. The molecule has 1 saturated heterocycles. The third-order valence-corrected chi connectivity index (χ3v) is 8.59. The number of phenolic OH excluding ortho intramolecular Hbond substituents is 1. The average Bonchev–Trinajstić information content (AvgIpc) is 3.33. The first-order valence-electron chi connectivity index (χ1n) is 11.5. The van der Waals surface area contributed by atoms with Crippen LogP contribution in [0, 0.1) is 13.8 Å². The number of aromatic hydroxyl groups is 1. The van der Waals surface area contributed by atoms with Gasteiger partial charge in [-0.3, -0.25) is 0 Å². The van der Waals surface area contributed by atoms with E-state index in [0.29, 0.717) is 5.75 Å². The zero-order valence-corrected chi connectivity index (χ0v) is 20.3. The SMILES string of the molecule is CC/C(=C\c1cc(C)c(O)c(C)c1)CC[C@H]1OC[C@H]2C1=C(COc1ccccc1)CS2(=O)=O. The third kappa shape index (κ3) is 5.17. The van der Waals surface area contributed by atoms with Crippen molar-refractivity contribution < 1.29 is 23.0 Å². The summed E-state index contributed by atoms with van der Waals surface area (Å²) in [5.41, 5.74) is 5.83. The highest BCUT2D eigenvalue weighted by Gasteiger charge is 2.46. The summed E-state index contributed by atoms with van der Waals surface area (Å²) in [4.78, 5) is 0. The monoisotopic (exact) mass is 468 g/mol. The van der Waals surface area contributed by atoms with Crippen molar-refractivity contribution in [2.24, 2.45) is 0 Å². The number of hydrogen-bond acceptors (Lipinski definition) is 5. The quantitative estimate of drug-likeness (QED) is 0.542. The van der Waals surface area contributed by atoms with E-state index in [1.165, 1.54) is 5.57 Å². The van der Waals surface area contributed by atoms with Gasteiger partial charge in [0.15, 0.2) is 9.84 Å². The van der Waals surface area contributed by atoms with Gasteiger partial charge in [0, 0.05) is 0 Å². The number of benzene rings is 2. The van der Waals surface area contributed by atoms with Crippen molar-refractivity contribution in [2.45, 2.75) is 51.4 Å². The number of rotatable bonds is 8. The van der Waals surface area contributed by atoms with Crippen LogP contribution in [0.5, 0.6) is 11.5 Å². The maximum Gasteiger partial charge on any atom is 0.163 e. The molecule has 2 aliphatic heterocycles. The molecule has 6 heteroatoms. The molecule has 0 spiro atoms. The van der Waals surface area contributed by atoms with Crippen molar-refractivity contribution in [1.82, 2.24) is 0 Å². The zero-order valence-electron chi connectivity index (χ0n) is 19.5. The highest BCUT2D eigenvalue weighted by Crippen LogP contribution is 2.39. The molecule has 2 heterocycles. The van der Waals surface area contributed by atoms with Gasteiger partial charge in [-0.15, -0.1) is 0 Å².